The summed E-state index contributed by atoms with van der Waals surface area (Å²) in [4.78, 5) is 19.0. The van der Waals surface area contributed by atoms with Gasteiger partial charge < -0.3 is 19.5 Å². The zero-order valence-electron chi connectivity index (χ0n) is 18.2. The molecule has 1 aliphatic heterocycles. The summed E-state index contributed by atoms with van der Waals surface area (Å²) in [5, 5.41) is 3.58. The van der Waals surface area contributed by atoms with E-state index in [1.807, 2.05) is 39.0 Å². The fourth-order valence-electron chi connectivity index (χ4n) is 3.77. The summed E-state index contributed by atoms with van der Waals surface area (Å²) in [7, 11) is 0. The van der Waals surface area contributed by atoms with Crippen LogP contribution in [0.15, 0.2) is 48.5 Å². The molecule has 1 aromatic heterocycles. The van der Waals surface area contributed by atoms with Crippen molar-refractivity contribution in [3.05, 3.63) is 59.7 Å². The Morgan fingerprint density at radius 3 is 2.63 bits per heavy atom. The van der Waals surface area contributed by atoms with Crippen molar-refractivity contribution in [1.29, 1.82) is 0 Å². The van der Waals surface area contributed by atoms with E-state index in [9.17, 15) is 4.79 Å². The van der Waals surface area contributed by atoms with Gasteiger partial charge in [-0.25, -0.2) is 9.78 Å². The van der Waals surface area contributed by atoms with Crippen LogP contribution in [0.1, 0.15) is 38.3 Å². The second-order valence-electron chi connectivity index (χ2n) is 9.05. The number of carbonyl (C=O) groups is 1. The molecule has 0 bridgehead atoms. The monoisotopic (exact) mass is 406 g/mol. The number of nitrogens with zero attached hydrogens (tertiary/aromatic N) is 3. The van der Waals surface area contributed by atoms with Crippen LogP contribution in [0.2, 0.25) is 0 Å². The molecule has 1 aliphatic rings. The SMILES string of the molecule is Cc1ccc(Cn2c(N[C@H]3CCN(C(=O)OC(C)(C)C)C3)nc3ccccc32)cc1. The number of fused-ring (bicyclic) bond motifs is 1. The maximum atomic E-state index is 12.4. The van der Waals surface area contributed by atoms with Crippen LogP contribution in [0.25, 0.3) is 11.0 Å². The first kappa shape index (κ1) is 20.3. The van der Waals surface area contributed by atoms with Gasteiger partial charge in [0.2, 0.25) is 5.95 Å². The summed E-state index contributed by atoms with van der Waals surface area (Å²) in [6.07, 6.45) is 0.618. The normalized spacial score (nSPS) is 16.8. The van der Waals surface area contributed by atoms with E-state index < -0.39 is 5.60 Å². The smallest absolute Gasteiger partial charge is 0.410 e. The highest BCUT2D eigenvalue weighted by Gasteiger charge is 2.30. The zero-order valence-corrected chi connectivity index (χ0v) is 18.2. The van der Waals surface area contributed by atoms with E-state index >= 15 is 0 Å². The molecule has 1 saturated heterocycles. The van der Waals surface area contributed by atoms with E-state index in [2.05, 4.69) is 47.1 Å². The summed E-state index contributed by atoms with van der Waals surface area (Å²) in [6, 6.07) is 16.9. The Morgan fingerprint density at radius 2 is 1.90 bits per heavy atom. The molecule has 1 N–H and O–H groups in total. The molecule has 2 aromatic carbocycles. The largest absolute Gasteiger partial charge is 0.444 e. The van der Waals surface area contributed by atoms with E-state index in [0.29, 0.717) is 13.1 Å². The van der Waals surface area contributed by atoms with Gasteiger partial charge >= 0.3 is 6.09 Å². The third-order valence-corrected chi connectivity index (χ3v) is 5.29. The van der Waals surface area contributed by atoms with Crippen molar-refractivity contribution in [1.82, 2.24) is 14.5 Å². The topological polar surface area (TPSA) is 59.4 Å². The Labute approximate surface area is 177 Å². The molecule has 6 nitrogen and oxygen atoms in total. The Balaban J connectivity index is 1.53. The highest BCUT2D eigenvalue weighted by Crippen LogP contribution is 2.24. The van der Waals surface area contributed by atoms with Crippen molar-refractivity contribution in [3.8, 4) is 0 Å². The van der Waals surface area contributed by atoms with Gasteiger partial charge in [0.25, 0.3) is 0 Å². The molecule has 0 unspecified atom stereocenters. The Kier molecular flexibility index (Phi) is 5.41. The van der Waals surface area contributed by atoms with Crippen molar-refractivity contribution in [2.24, 2.45) is 0 Å². The van der Waals surface area contributed by atoms with Crippen molar-refractivity contribution in [3.63, 3.8) is 0 Å². The minimum absolute atomic E-state index is 0.145. The first-order valence-corrected chi connectivity index (χ1v) is 10.5. The molecule has 1 fully saturated rings. The number of para-hydroxylation sites is 2. The van der Waals surface area contributed by atoms with E-state index in [1.165, 1.54) is 11.1 Å². The fourth-order valence-corrected chi connectivity index (χ4v) is 3.77. The lowest BCUT2D eigenvalue weighted by atomic mass is 10.1. The van der Waals surface area contributed by atoms with Crippen molar-refractivity contribution in [2.75, 3.05) is 18.4 Å². The molecule has 1 amide bonds. The maximum absolute atomic E-state index is 12.4. The van der Waals surface area contributed by atoms with Gasteiger partial charge in [0.15, 0.2) is 0 Å². The minimum Gasteiger partial charge on any atom is -0.444 e. The van der Waals surface area contributed by atoms with Gasteiger partial charge in [-0.2, -0.15) is 0 Å². The van der Waals surface area contributed by atoms with E-state index in [-0.39, 0.29) is 12.1 Å². The summed E-state index contributed by atoms with van der Waals surface area (Å²) < 4.78 is 7.74. The van der Waals surface area contributed by atoms with Gasteiger partial charge in [-0.3, -0.25) is 0 Å². The third kappa shape index (κ3) is 4.58. The molecule has 0 aliphatic carbocycles. The number of aromatic nitrogens is 2. The van der Waals surface area contributed by atoms with Gasteiger partial charge in [-0.15, -0.1) is 0 Å². The number of rotatable bonds is 4. The second kappa shape index (κ2) is 8.01. The number of aryl methyl sites for hydroxylation is 1. The van der Waals surface area contributed by atoms with Crippen LogP contribution in [0, 0.1) is 6.92 Å². The molecule has 30 heavy (non-hydrogen) atoms. The number of hydrogen-bond acceptors (Lipinski definition) is 4. The fraction of sp³-hybridized carbons (Fsp3) is 0.417. The quantitative estimate of drug-likeness (QED) is 0.675. The molecule has 6 heteroatoms. The number of benzene rings is 2. The first-order chi connectivity index (χ1) is 14.3. The van der Waals surface area contributed by atoms with E-state index in [0.717, 1.165) is 29.9 Å². The molecule has 1 atom stereocenters. The summed E-state index contributed by atoms with van der Waals surface area (Å²) in [5.41, 5.74) is 4.07. The van der Waals surface area contributed by atoms with Crippen LogP contribution in [0.5, 0.6) is 0 Å². The van der Waals surface area contributed by atoms with Crippen LogP contribution in [0.4, 0.5) is 10.7 Å². The van der Waals surface area contributed by atoms with Crippen molar-refractivity contribution < 1.29 is 9.53 Å². The second-order valence-corrected chi connectivity index (χ2v) is 9.05. The van der Waals surface area contributed by atoms with Crippen LogP contribution in [0.3, 0.4) is 0 Å². The Bertz CT molecular complexity index is 1030. The molecule has 4 rings (SSSR count). The van der Waals surface area contributed by atoms with Gasteiger partial charge in [-0.1, -0.05) is 42.0 Å². The number of likely N-dealkylation sites (tertiary alicyclic amines) is 1. The number of carbonyl (C=O) groups excluding carboxylic acids is 1. The van der Waals surface area contributed by atoms with Crippen LogP contribution in [-0.2, 0) is 11.3 Å². The number of ether oxygens (including phenoxy) is 1. The molecule has 158 valence electrons. The lowest BCUT2D eigenvalue weighted by Gasteiger charge is -2.24. The van der Waals surface area contributed by atoms with Crippen molar-refractivity contribution in [2.45, 2.75) is 52.3 Å². The number of hydrogen-bond donors (Lipinski definition) is 1. The van der Waals surface area contributed by atoms with Crippen LogP contribution < -0.4 is 5.32 Å². The van der Waals surface area contributed by atoms with E-state index in [4.69, 9.17) is 9.72 Å². The first-order valence-electron chi connectivity index (χ1n) is 10.5. The number of anilines is 1. The van der Waals surface area contributed by atoms with Crippen LogP contribution in [-0.4, -0.2) is 45.3 Å². The Hall–Kier alpha value is -3.02. The lowest BCUT2D eigenvalue weighted by molar-refractivity contribution is 0.0293. The maximum Gasteiger partial charge on any atom is 0.410 e. The van der Waals surface area contributed by atoms with Gasteiger partial charge in [0, 0.05) is 19.1 Å². The molecular weight excluding hydrogens is 376 g/mol. The zero-order chi connectivity index (χ0) is 21.3. The predicted octanol–water partition coefficient (Wildman–Crippen LogP) is 4.81. The molecule has 2 heterocycles. The molecule has 0 spiro atoms. The summed E-state index contributed by atoms with van der Waals surface area (Å²) in [6.45, 7) is 9.82. The molecule has 0 saturated carbocycles. The number of imidazole rings is 1. The van der Waals surface area contributed by atoms with E-state index in [1.54, 1.807) is 4.90 Å². The number of amides is 1. The Morgan fingerprint density at radius 1 is 1.17 bits per heavy atom. The van der Waals surface area contributed by atoms with Gasteiger partial charge in [-0.05, 0) is 51.8 Å². The standard InChI is InChI=1S/C24H30N4O2/c1-17-9-11-18(12-10-17)15-28-21-8-6-5-7-20(21)26-22(28)25-19-13-14-27(16-19)23(29)30-24(2,3)4/h5-12,19H,13-16H2,1-4H3,(H,25,26)/t19-/m0/s1. The molecule has 3 aromatic rings. The predicted molar refractivity (Wildman–Crippen MR) is 120 cm³/mol. The highest BCUT2D eigenvalue weighted by atomic mass is 16.6. The average molecular weight is 407 g/mol. The minimum atomic E-state index is -0.482. The van der Waals surface area contributed by atoms with Crippen molar-refractivity contribution >= 4 is 23.1 Å². The third-order valence-electron chi connectivity index (χ3n) is 5.29. The van der Waals surface area contributed by atoms with Crippen LogP contribution >= 0.6 is 0 Å². The molecule has 0 radical (unpaired) electrons. The number of nitrogens with one attached hydrogen (secondary N) is 1. The lowest BCUT2D eigenvalue weighted by Crippen LogP contribution is -2.36. The molecular formula is C24H30N4O2. The summed E-state index contributed by atoms with van der Waals surface area (Å²) >= 11 is 0. The average Bonchev–Trinajstić information content (AvgIpc) is 3.28. The highest BCUT2D eigenvalue weighted by molar-refractivity contribution is 5.79. The van der Waals surface area contributed by atoms with Gasteiger partial charge in [0.05, 0.1) is 17.6 Å². The summed E-state index contributed by atoms with van der Waals surface area (Å²) in [5.74, 6) is 0.841. The van der Waals surface area contributed by atoms with Gasteiger partial charge in [0.1, 0.15) is 5.60 Å².